The van der Waals surface area contributed by atoms with Crippen molar-refractivity contribution in [3.8, 4) is 0 Å². The molecular weight excluding hydrogens is 446 g/mol. The van der Waals surface area contributed by atoms with Gasteiger partial charge in [0.15, 0.2) is 0 Å². The van der Waals surface area contributed by atoms with Crippen molar-refractivity contribution in [1.29, 1.82) is 0 Å². The average molecular weight is 486 g/mol. The molecular formula is C24H39NO9. The zero-order valence-corrected chi connectivity index (χ0v) is 20.5. The van der Waals surface area contributed by atoms with Gasteiger partial charge in [-0.1, -0.05) is 0 Å². The molecule has 34 heavy (non-hydrogen) atoms. The highest BCUT2D eigenvalue weighted by Gasteiger charge is 2.90. The van der Waals surface area contributed by atoms with Crippen molar-refractivity contribution in [3.05, 3.63) is 0 Å². The Kier molecular flexibility index (Phi) is 5.02. The second kappa shape index (κ2) is 7.12. The molecule has 0 radical (unpaired) electrons. The fourth-order valence-electron chi connectivity index (χ4n) is 10.9. The molecule has 6 rings (SSSR count). The maximum Gasteiger partial charge on any atom is 0.120 e. The summed E-state index contributed by atoms with van der Waals surface area (Å²) in [6.45, 7) is 0.836. The van der Waals surface area contributed by atoms with Crippen molar-refractivity contribution in [1.82, 2.24) is 4.90 Å². The van der Waals surface area contributed by atoms with Gasteiger partial charge in [0.05, 0.1) is 31.0 Å². The Hall–Kier alpha value is -0.400. The Morgan fingerprint density at radius 1 is 0.941 bits per heavy atom. The van der Waals surface area contributed by atoms with Crippen LogP contribution >= 0.6 is 0 Å². The van der Waals surface area contributed by atoms with Gasteiger partial charge in [0.1, 0.15) is 23.4 Å². The summed E-state index contributed by atoms with van der Waals surface area (Å²) in [5, 5.41) is 58.9. The summed E-state index contributed by atoms with van der Waals surface area (Å²) in [7, 11) is 8.24. The van der Waals surface area contributed by atoms with Crippen molar-refractivity contribution < 1.29 is 44.5 Å². The molecule has 15 atom stereocenters. The standard InChI is InChI=1S/C24H39NO9/c1-25-8-21(9-31-2)11(26)6-12(32-3)23-10-7-22(29)18(27)13(10)24(30,19(28)20(22)34-5)14(17(23)25)15(33-4)16(21)23/h10-20,26-30H,6-9H2,1-5H3/t10-,11?,12+,13-,14?,15+,16-,17?,18-,19+,20+,21+,22+,23?,24-/m1/s1. The second-order valence-electron chi connectivity index (χ2n) is 12.0. The van der Waals surface area contributed by atoms with Crippen LogP contribution in [0, 0.1) is 34.5 Å². The molecule has 194 valence electrons. The molecule has 5 N–H and O–H groups in total. The molecule has 1 aliphatic heterocycles. The molecule has 10 nitrogen and oxygen atoms in total. The summed E-state index contributed by atoms with van der Waals surface area (Å²) in [6.07, 6.45) is -4.96. The fraction of sp³-hybridized carbons (Fsp3) is 1.00. The highest BCUT2D eigenvalue weighted by Crippen LogP contribution is 2.79. The first-order valence-electron chi connectivity index (χ1n) is 12.3. The van der Waals surface area contributed by atoms with Crippen LogP contribution in [0.25, 0.3) is 0 Å². The molecule has 1 heterocycles. The molecule has 0 aromatic carbocycles. The molecule has 5 saturated carbocycles. The minimum atomic E-state index is -1.76. The zero-order chi connectivity index (χ0) is 24.6. The minimum Gasteiger partial charge on any atom is -0.392 e. The van der Waals surface area contributed by atoms with Crippen LogP contribution < -0.4 is 0 Å². The van der Waals surface area contributed by atoms with E-state index in [4.69, 9.17) is 18.9 Å². The Balaban J connectivity index is 1.67. The van der Waals surface area contributed by atoms with E-state index < -0.39 is 76.4 Å². The lowest BCUT2D eigenvalue weighted by molar-refractivity contribution is -0.319. The maximum atomic E-state index is 12.5. The molecule has 0 aromatic heterocycles. The summed E-state index contributed by atoms with van der Waals surface area (Å²) in [5.41, 5.74) is -4.81. The molecule has 1 saturated heterocycles. The van der Waals surface area contributed by atoms with Gasteiger partial charge in [-0.2, -0.15) is 0 Å². The number of aliphatic hydroxyl groups is 5. The number of hydrogen-bond donors (Lipinski definition) is 5. The van der Waals surface area contributed by atoms with Gasteiger partial charge >= 0.3 is 0 Å². The van der Waals surface area contributed by atoms with E-state index in [1.807, 2.05) is 7.05 Å². The highest BCUT2D eigenvalue weighted by atomic mass is 16.5. The Morgan fingerprint density at radius 2 is 1.65 bits per heavy atom. The van der Waals surface area contributed by atoms with Crippen molar-refractivity contribution in [2.45, 2.75) is 66.7 Å². The van der Waals surface area contributed by atoms with Crippen molar-refractivity contribution in [3.63, 3.8) is 0 Å². The smallest absolute Gasteiger partial charge is 0.120 e. The minimum absolute atomic E-state index is 0.153. The van der Waals surface area contributed by atoms with Gasteiger partial charge in [0.25, 0.3) is 0 Å². The Morgan fingerprint density at radius 3 is 2.24 bits per heavy atom. The van der Waals surface area contributed by atoms with Gasteiger partial charge in [-0.25, -0.2) is 0 Å². The number of hydrogen-bond acceptors (Lipinski definition) is 10. The number of nitrogens with zero attached hydrogens (tertiary/aromatic N) is 1. The quantitative estimate of drug-likeness (QED) is 0.292. The summed E-state index contributed by atoms with van der Waals surface area (Å²) in [5.74, 6) is -2.05. The van der Waals surface area contributed by atoms with Crippen LogP contribution in [0.1, 0.15) is 12.8 Å². The Bertz CT molecular complexity index is 862. The third-order valence-electron chi connectivity index (χ3n) is 11.4. The van der Waals surface area contributed by atoms with Gasteiger partial charge in [0, 0.05) is 76.0 Å². The van der Waals surface area contributed by atoms with E-state index in [0.717, 1.165) is 0 Å². The van der Waals surface area contributed by atoms with Gasteiger partial charge in [-0.3, -0.25) is 0 Å². The van der Waals surface area contributed by atoms with Gasteiger partial charge in [0.2, 0.25) is 0 Å². The molecule has 0 aromatic rings. The van der Waals surface area contributed by atoms with Gasteiger partial charge in [-0.05, 0) is 19.4 Å². The predicted molar refractivity (Wildman–Crippen MR) is 117 cm³/mol. The number of fused-ring (bicyclic) bond motifs is 2. The first-order chi connectivity index (χ1) is 16.1. The van der Waals surface area contributed by atoms with Gasteiger partial charge < -0.3 is 49.4 Å². The predicted octanol–water partition coefficient (Wildman–Crippen LogP) is -2.18. The van der Waals surface area contributed by atoms with Crippen LogP contribution in [0.5, 0.6) is 0 Å². The van der Waals surface area contributed by atoms with E-state index in [2.05, 4.69) is 4.90 Å². The van der Waals surface area contributed by atoms with Crippen molar-refractivity contribution in [2.75, 3.05) is 48.6 Å². The first kappa shape index (κ1) is 24.0. The van der Waals surface area contributed by atoms with E-state index in [0.29, 0.717) is 19.6 Å². The normalized spacial score (nSPS) is 63.9. The SMILES string of the molecule is COC[C@]12CN(C)C3C4[C@H](OC)[C@H]1C3([C@@H](OC)CC2O)[C@@H]1C[C@]2(O)[C@H](O)[C@@H]1[C@]4(O)[C@@H](O)[C@@H]2OC. The van der Waals surface area contributed by atoms with E-state index >= 15 is 0 Å². The van der Waals surface area contributed by atoms with Crippen LogP contribution in [-0.4, -0.2) is 133 Å². The molecule has 6 fully saturated rings. The van der Waals surface area contributed by atoms with E-state index in [-0.39, 0.29) is 18.4 Å². The second-order valence-corrected chi connectivity index (χ2v) is 12.0. The van der Waals surface area contributed by atoms with E-state index in [1.54, 1.807) is 21.3 Å². The fourth-order valence-corrected chi connectivity index (χ4v) is 10.9. The lowest BCUT2D eigenvalue weighted by Gasteiger charge is -2.69. The van der Waals surface area contributed by atoms with E-state index in [9.17, 15) is 25.5 Å². The Labute approximate surface area is 199 Å². The summed E-state index contributed by atoms with van der Waals surface area (Å²) >= 11 is 0. The maximum absolute atomic E-state index is 12.5. The zero-order valence-electron chi connectivity index (χ0n) is 20.5. The topological polar surface area (TPSA) is 141 Å². The number of likely N-dealkylation sites (tertiary alicyclic amines) is 1. The van der Waals surface area contributed by atoms with Crippen LogP contribution in [0.3, 0.4) is 0 Å². The average Bonchev–Trinajstić information content (AvgIpc) is 3.17. The lowest BCUT2D eigenvalue weighted by Crippen LogP contribution is -2.80. The van der Waals surface area contributed by atoms with Crippen LogP contribution in [0.15, 0.2) is 0 Å². The monoisotopic (exact) mass is 485 g/mol. The van der Waals surface area contributed by atoms with Crippen LogP contribution in [0.4, 0.5) is 0 Å². The largest absolute Gasteiger partial charge is 0.392 e. The third-order valence-corrected chi connectivity index (χ3v) is 11.4. The van der Waals surface area contributed by atoms with Crippen LogP contribution in [0.2, 0.25) is 0 Å². The van der Waals surface area contributed by atoms with Crippen molar-refractivity contribution in [2.24, 2.45) is 34.5 Å². The number of methoxy groups -OCH3 is 4. The highest BCUT2D eigenvalue weighted by molar-refractivity contribution is 5.39. The van der Waals surface area contributed by atoms with Crippen molar-refractivity contribution >= 4 is 0 Å². The summed E-state index contributed by atoms with van der Waals surface area (Å²) in [6, 6.07) is -0.254. The molecule has 10 heteroatoms. The molecule has 7 bridgehead atoms. The number of piperidine rings is 1. The first-order valence-corrected chi connectivity index (χ1v) is 12.3. The van der Waals surface area contributed by atoms with E-state index in [1.165, 1.54) is 7.11 Å². The number of aliphatic hydroxyl groups excluding tert-OH is 3. The summed E-state index contributed by atoms with van der Waals surface area (Å²) < 4.78 is 23.6. The van der Waals surface area contributed by atoms with Gasteiger partial charge in [-0.15, -0.1) is 0 Å². The molecule has 6 aliphatic rings. The molecule has 4 unspecified atom stereocenters. The number of rotatable bonds is 5. The lowest BCUT2D eigenvalue weighted by atomic mass is 9.42. The van der Waals surface area contributed by atoms with Crippen LogP contribution in [-0.2, 0) is 18.9 Å². The molecule has 0 amide bonds. The number of ether oxygens (including phenoxy) is 4. The molecule has 5 aliphatic carbocycles. The molecule has 1 spiro atoms. The third kappa shape index (κ3) is 2.14. The summed E-state index contributed by atoms with van der Waals surface area (Å²) in [4.78, 5) is 2.17.